The first-order valence-electron chi connectivity index (χ1n) is 8.12. The van der Waals surface area contributed by atoms with Gasteiger partial charge in [0.1, 0.15) is 0 Å². The predicted molar refractivity (Wildman–Crippen MR) is 91.6 cm³/mol. The van der Waals surface area contributed by atoms with Gasteiger partial charge >= 0.3 is 11.9 Å². The molecule has 0 N–H and O–H groups in total. The lowest BCUT2D eigenvalue weighted by atomic mass is 9.81. The summed E-state index contributed by atoms with van der Waals surface area (Å²) in [4.78, 5) is 25.3. The molecule has 2 aromatic carbocycles. The van der Waals surface area contributed by atoms with Crippen molar-refractivity contribution in [1.29, 1.82) is 0 Å². The van der Waals surface area contributed by atoms with E-state index in [9.17, 15) is 9.59 Å². The maximum absolute atomic E-state index is 12.6. The van der Waals surface area contributed by atoms with E-state index in [1.165, 1.54) is 0 Å². The van der Waals surface area contributed by atoms with Crippen molar-refractivity contribution in [3.05, 3.63) is 71.8 Å². The highest BCUT2D eigenvalue weighted by Crippen LogP contribution is 2.35. The molecule has 2 aromatic rings. The topological polar surface area (TPSA) is 52.6 Å². The number of carbonyl (C=O) groups excluding carboxylic acids is 2. The zero-order valence-corrected chi connectivity index (χ0v) is 14.0. The molecule has 0 aliphatic carbocycles. The number of hydrogen-bond donors (Lipinski definition) is 0. The first-order chi connectivity index (χ1) is 11.7. The van der Waals surface area contributed by atoms with E-state index in [2.05, 4.69) is 0 Å². The van der Waals surface area contributed by atoms with Crippen LogP contribution in [0.3, 0.4) is 0 Å². The van der Waals surface area contributed by atoms with Gasteiger partial charge in [0, 0.05) is 0 Å². The van der Waals surface area contributed by atoms with Crippen molar-refractivity contribution in [2.45, 2.75) is 25.7 Å². The molecule has 0 heterocycles. The van der Waals surface area contributed by atoms with Crippen LogP contribution in [0.2, 0.25) is 0 Å². The summed E-state index contributed by atoms with van der Waals surface area (Å²) < 4.78 is 10.5. The molecule has 4 nitrogen and oxygen atoms in total. The Morgan fingerprint density at radius 2 is 1.04 bits per heavy atom. The monoisotopic (exact) mass is 326 g/mol. The van der Waals surface area contributed by atoms with Crippen molar-refractivity contribution in [3.63, 3.8) is 0 Å². The summed E-state index contributed by atoms with van der Waals surface area (Å²) in [6.07, 6.45) is 0. The van der Waals surface area contributed by atoms with Gasteiger partial charge in [-0.2, -0.15) is 0 Å². The van der Waals surface area contributed by atoms with Crippen LogP contribution >= 0.6 is 0 Å². The minimum Gasteiger partial charge on any atom is -0.465 e. The van der Waals surface area contributed by atoms with Crippen LogP contribution < -0.4 is 0 Å². The average molecular weight is 326 g/mol. The summed E-state index contributed by atoms with van der Waals surface area (Å²) in [6.45, 7) is 4.02. The smallest absolute Gasteiger partial charge is 0.314 e. The second-order valence-electron chi connectivity index (χ2n) is 5.28. The van der Waals surface area contributed by atoms with Gasteiger partial charge in [0.2, 0.25) is 0 Å². The standard InChI is InChI=1S/C20H22O4/c1-3-23-19(21)17(15-11-7-5-8-12-15)18(20(22)24-4-2)16-13-9-6-10-14-16/h5-14,17-18H,3-4H2,1-2H3/t17-,18-/m0/s1. The Morgan fingerprint density at radius 1 is 0.708 bits per heavy atom. The molecule has 0 saturated carbocycles. The Labute approximate surface area is 142 Å². The van der Waals surface area contributed by atoms with Gasteiger partial charge in [0.25, 0.3) is 0 Å². The lowest BCUT2D eigenvalue weighted by Gasteiger charge is -2.25. The average Bonchev–Trinajstić information content (AvgIpc) is 2.61. The van der Waals surface area contributed by atoms with Gasteiger partial charge in [0.15, 0.2) is 0 Å². The minimum absolute atomic E-state index is 0.256. The van der Waals surface area contributed by atoms with Crippen LogP contribution in [-0.4, -0.2) is 25.2 Å². The summed E-state index contributed by atoms with van der Waals surface area (Å²) in [7, 11) is 0. The van der Waals surface area contributed by atoms with E-state index < -0.39 is 23.8 Å². The molecular weight excluding hydrogens is 304 g/mol. The molecule has 2 atom stereocenters. The summed E-state index contributed by atoms with van der Waals surface area (Å²) in [5, 5.41) is 0. The minimum atomic E-state index is -0.743. The largest absolute Gasteiger partial charge is 0.465 e. The van der Waals surface area contributed by atoms with Crippen LogP contribution in [0.4, 0.5) is 0 Å². The number of carbonyl (C=O) groups is 2. The molecule has 0 saturated heterocycles. The van der Waals surface area contributed by atoms with Crippen molar-refractivity contribution < 1.29 is 19.1 Å². The molecule has 126 valence electrons. The molecule has 4 heteroatoms. The number of benzene rings is 2. The van der Waals surface area contributed by atoms with Crippen LogP contribution in [0, 0.1) is 0 Å². The Bertz CT molecular complexity index is 592. The van der Waals surface area contributed by atoms with Crippen molar-refractivity contribution in [2.75, 3.05) is 13.2 Å². The summed E-state index contributed by atoms with van der Waals surface area (Å²) in [5.41, 5.74) is 1.47. The third-order valence-corrected chi connectivity index (χ3v) is 3.73. The zero-order valence-electron chi connectivity index (χ0n) is 14.0. The van der Waals surface area contributed by atoms with E-state index >= 15 is 0 Å². The van der Waals surface area contributed by atoms with Crippen LogP contribution in [0.1, 0.15) is 36.8 Å². The van der Waals surface area contributed by atoms with Gasteiger partial charge in [-0.05, 0) is 25.0 Å². The van der Waals surface area contributed by atoms with Crippen LogP contribution in [0.15, 0.2) is 60.7 Å². The van der Waals surface area contributed by atoms with Gasteiger partial charge in [-0.25, -0.2) is 0 Å². The second kappa shape index (κ2) is 8.87. The summed E-state index contributed by atoms with van der Waals surface area (Å²) in [5.74, 6) is -2.34. The highest BCUT2D eigenvalue weighted by molar-refractivity contribution is 5.90. The first-order valence-corrected chi connectivity index (χ1v) is 8.12. The predicted octanol–water partition coefficient (Wildman–Crippen LogP) is 3.68. The van der Waals surface area contributed by atoms with E-state index in [0.29, 0.717) is 0 Å². The lowest BCUT2D eigenvalue weighted by molar-refractivity contribution is -0.153. The molecule has 0 aliphatic heterocycles. The van der Waals surface area contributed by atoms with Crippen LogP contribution in [-0.2, 0) is 19.1 Å². The number of hydrogen-bond acceptors (Lipinski definition) is 4. The summed E-state index contributed by atoms with van der Waals surface area (Å²) in [6, 6.07) is 18.4. The third-order valence-electron chi connectivity index (χ3n) is 3.73. The molecule has 0 amide bonds. The lowest BCUT2D eigenvalue weighted by Crippen LogP contribution is -2.29. The first kappa shape index (κ1) is 17.7. The SMILES string of the molecule is CCOC(=O)[C@@H](c1ccccc1)[C@@H](C(=O)OCC)c1ccccc1. The molecule has 0 unspecified atom stereocenters. The van der Waals surface area contributed by atoms with E-state index in [0.717, 1.165) is 11.1 Å². The molecule has 24 heavy (non-hydrogen) atoms. The molecule has 0 spiro atoms. The van der Waals surface area contributed by atoms with E-state index in [1.54, 1.807) is 13.8 Å². The molecule has 0 radical (unpaired) electrons. The number of ether oxygens (including phenoxy) is 2. The highest BCUT2D eigenvalue weighted by Gasteiger charge is 2.38. The number of esters is 2. The van der Waals surface area contributed by atoms with E-state index in [4.69, 9.17) is 9.47 Å². The van der Waals surface area contributed by atoms with Gasteiger partial charge in [-0.15, -0.1) is 0 Å². The molecule has 0 aliphatic rings. The van der Waals surface area contributed by atoms with Crippen LogP contribution in [0.25, 0.3) is 0 Å². The van der Waals surface area contributed by atoms with Crippen molar-refractivity contribution in [2.24, 2.45) is 0 Å². The Balaban J connectivity index is 2.51. The Kier molecular flexibility index (Phi) is 6.55. The molecule has 0 bridgehead atoms. The third kappa shape index (κ3) is 4.22. The normalized spacial score (nSPS) is 12.9. The van der Waals surface area contributed by atoms with Gasteiger partial charge in [0.05, 0.1) is 25.0 Å². The fraction of sp³-hybridized carbons (Fsp3) is 0.300. The molecule has 2 rings (SSSR count). The van der Waals surface area contributed by atoms with Crippen molar-refractivity contribution >= 4 is 11.9 Å². The highest BCUT2D eigenvalue weighted by atomic mass is 16.5. The Hall–Kier alpha value is -2.62. The quantitative estimate of drug-likeness (QED) is 0.728. The van der Waals surface area contributed by atoms with E-state index in [1.807, 2.05) is 60.7 Å². The van der Waals surface area contributed by atoms with Gasteiger partial charge < -0.3 is 9.47 Å². The molecule has 0 fully saturated rings. The zero-order chi connectivity index (χ0) is 17.4. The van der Waals surface area contributed by atoms with Crippen molar-refractivity contribution in [3.8, 4) is 0 Å². The van der Waals surface area contributed by atoms with Gasteiger partial charge in [-0.3, -0.25) is 9.59 Å². The fourth-order valence-corrected chi connectivity index (χ4v) is 2.71. The summed E-state index contributed by atoms with van der Waals surface area (Å²) >= 11 is 0. The maximum atomic E-state index is 12.6. The number of rotatable bonds is 7. The van der Waals surface area contributed by atoms with Crippen LogP contribution in [0.5, 0.6) is 0 Å². The molecule has 0 aromatic heterocycles. The van der Waals surface area contributed by atoms with Crippen molar-refractivity contribution in [1.82, 2.24) is 0 Å². The second-order valence-corrected chi connectivity index (χ2v) is 5.28. The maximum Gasteiger partial charge on any atom is 0.314 e. The Morgan fingerprint density at radius 3 is 1.33 bits per heavy atom. The van der Waals surface area contributed by atoms with Gasteiger partial charge in [-0.1, -0.05) is 60.7 Å². The fourth-order valence-electron chi connectivity index (χ4n) is 2.71. The molecular formula is C20H22O4. The van der Waals surface area contributed by atoms with E-state index in [-0.39, 0.29) is 13.2 Å².